The number of carbonyl (C=O) groups is 1. The van der Waals surface area contributed by atoms with E-state index in [0.717, 1.165) is 62.7 Å². The molecule has 166 valence electrons. The molecule has 0 aromatic carbocycles. The van der Waals surface area contributed by atoms with Gasteiger partial charge in [-0.1, -0.05) is 41.6 Å². The number of rotatable bonds is 6. The van der Waals surface area contributed by atoms with Crippen LogP contribution >= 0.6 is 0 Å². The number of amides is 1. The van der Waals surface area contributed by atoms with E-state index < -0.39 is 0 Å². The fourth-order valence-corrected chi connectivity index (χ4v) is 5.17. The van der Waals surface area contributed by atoms with Crippen LogP contribution in [0.3, 0.4) is 0 Å². The van der Waals surface area contributed by atoms with Crippen LogP contribution in [-0.4, -0.2) is 43.6 Å². The van der Waals surface area contributed by atoms with Crippen molar-refractivity contribution in [2.75, 3.05) is 13.1 Å². The Hall–Kier alpha value is -2.04. The van der Waals surface area contributed by atoms with Crippen molar-refractivity contribution in [1.29, 1.82) is 0 Å². The fourth-order valence-electron chi connectivity index (χ4n) is 5.17. The average Bonchev–Trinajstić information content (AvgIpc) is 3.26. The molecule has 4 nitrogen and oxygen atoms in total. The molecule has 0 aromatic rings. The van der Waals surface area contributed by atoms with E-state index >= 15 is 0 Å². The molecular weight excluding hydrogens is 383 g/mol. The SMILES string of the molecule is [B]CC(=O)N1CCC(C2CC/C=C(/C3=NOC(C(/C=C\C=C/C)=C/C)C3)CCC2)CC1. The third-order valence-electron chi connectivity index (χ3n) is 7.02. The molecule has 1 amide bonds. The highest BCUT2D eigenvalue weighted by Gasteiger charge is 2.29. The maximum Gasteiger partial charge on any atom is 0.213 e. The van der Waals surface area contributed by atoms with Crippen molar-refractivity contribution in [3.63, 3.8) is 0 Å². The minimum atomic E-state index is 0.0296. The van der Waals surface area contributed by atoms with Crippen molar-refractivity contribution < 1.29 is 9.63 Å². The molecule has 1 aliphatic carbocycles. The highest BCUT2D eigenvalue weighted by Crippen LogP contribution is 2.35. The van der Waals surface area contributed by atoms with Crippen molar-refractivity contribution in [2.24, 2.45) is 17.0 Å². The molecule has 3 aliphatic rings. The Morgan fingerprint density at radius 1 is 1.19 bits per heavy atom. The predicted octanol–water partition coefficient (Wildman–Crippen LogP) is 5.54. The first-order chi connectivity index (χ1) is 15.2. The third kappa shape index (κ3) is 6.47. The van der Waals surface area contributed by atoms with Crippen LogP contribution < -0.4 is 0 Å². The molecule has 3 rings (SSSR count). The Labute approximate surface area is 189 Å². The molecule has 0 aromatic heterocycles. The van der Waals surface area contributed by atoms with Gasteiger partial charge < -0.3 is 9.74 Å². The number of allylic oxidation sites excluding steroid dienone is 6. The summed E-state index contributed by atoms with van der Waals surface area (Å²) in [6, 6.07) is 0. The zero-order valence-corrected chi connectivity index (χ0v) is 19.3. The first kappa shape index (κ1) is 23.6. The van der Waals surface area contributed by atoms with E-state index in [1.165, 1.54) is 30.4 Å². The number of carbonyl (C=O) groups excluding carboxylic acids is 1. The fraction of sp³-hybridized carbons (Fsp3) is 0.615. The Balaban J connectivity index is 1.50. The minimum absolute atomic E-state index is 0.0296. The smallest absolute Gasteiger partial charge is 0.213 e. The number of nitrogens with zero attached hydrogens (tertiary/aromatic N) is 2. The summed E-state index contributed by atoms with van der Waals surface area (Å²) in [6.07, 6.45) is 22.0. The van der Waals surface area contributed by atoms with Crippen LogP contribution in [0, 0.1) is 11.8 Å². The van der Waals surface area contributed by atoms with Crippen molar-refractivity contribution in [3.8, 4) is 0 Å². The lowest BCUT2D eigenvalue weighted by Gasteiger charge is -2.36. The predicted molar refractivity (Wildman–Crippen MR) is 129 cm³/mol. The van der Waals surface area contributed by atoms with Crippen LogP contribution in [0.5, 0.6) is 0 Å². The number of hydrogen-bond donors (Lipinski definition) is 0. The summed E-state index contributed by atoms with van der Waals surface area (Å²) in [4.78, 5) is 19.6. The second-order valence-corrected chi connectivity index (χ2v) is 8.89. The largest absolute Gasteiger partial charge is 0.387 e. The van der Waals surface area contributed by atoms with E-state index in [2.05, 4.69) is 36.4 Å². The Morgan fingerprint density at radius 2 is 1.97 bits per heavy atom. The number of likely N-dealkylation sites (tertiary alicyclic amines) is 1. The van der Waals surface area contributed by atoms with Gasteiger partial charge in [0.2, 0.25) is 5.91 Å². The molecule has 2 radical (unpaired) electrons. The summed E-state index contributed by atoms with van der Waals surface area (Å²) < 4.78 is 0. The Bertz CT molecular complexity index is 757. The third-order valence-corrected chi connectivity index (χ3v) is 7.02. The van der Waals surface area contributed by atoms with E-state index in [0.29, 0.717) is 0 Å². The number of piperidine rings is 1. The second-order valence-electron chi connectivity index (χ2n) is 8.89. The Morgan fingerprint density at radius 3 is 2.68 bits per heavy atom. The summed E-state index contributed by atoms with van der Waals surface area (Å²) in [5.41, 5.74) is 3.70. The molecule has 2 atom stereocenters. The molecule has 1 fully saturated rings. The average molecular weight is 420 g/mol. The molecule has 0 saturated carbocycles. The van der Waals surface area contributed by atoms with E-state index in [9.17, 15) is 4.79 Å². The van der Waals surface area contributed by atoms with E-state index in [4.69, 9.17) is 12.7 Å². The van der Waals surface area contributed by atoms with Crippen LogP contribution in [0.15, 0.2) is 52.8 Å². The van der Waals surface area contributed by atoms with Gasteiger partial charge in [0.1, 0.15) is 0 Å². The van der Waals surface area contributed by atoms with Crippen molar-refractivity contribution in [3.05, 3.63) is 47.6 Å². The van der Waals surface area contributed by atoms with Crippen LogP contribution in [0.25, 0.3) is 0 Å². The van der Waals surface area contributed by atoms with E-state index in [1.807, 2.05) is 24.0 Å². The first-order valence-electron chi connectivity index (χ1n) is 12.0. The summed E-state index contributed by atoms with van der Waals surface area (Å²) in [6.45, 7) is 5.83. The van der Waals surface area contributed by atoms with Gasteiger partial charge in [-0.25, -0.2) is 0 Å². The molecule has 2 heterocycles. The van der Waals surface area contributed by atoms with Gasteiger partial charge in [0.15, 0.2) is 6.10 Å². The number of oxime groups is 1. The summed E-state index contributed by atoms with van der Waals surface area (Å²) in [5.74, 6) is 1.61. The van der Waals surface area contributed by atoms with Gasteiger partial charge in [-0.2, -0.15) is 0 Å². The summed E-state index contributed by atoms with van der Waals surface area (Å²) in [7, 11) is 5.52. The lowest BCUT2D eigenvalue weighted by atomic mass is 9.77. The van der Waals surface area contributed by atoms with Crippen molar-refractivity contribution in [2.45, 2.75) is 77.6 Å². The molecular formula is C26H37BN2O2. The van der Waals surface area contributed by atoms with Crippen LogP contribution in [0.1, 0.15) is 65.2 Å². The zero-order chi connectivity index (χ0) is 22.1. The normalized spacial score (nSPS) is 28.2. The topological polar surface area (TPSA) is 41.9 Å². The highest BCUT2D eigenvalue weighted by atomic mass is 16.6. The maximum atomic E-state index is 11.8. The minimum Gasteiger partial charge on any atom is -0.387 e. The number of hydrogen-bond acceptors (Lipinski definition) is 3. The van der Waals surface area contributed by atoms with Crippen LogP contribution in [0.4, 0.5) is 0 Å². The maximum absolute atomic E-state index is 11.8. The monoisotopic (exact) mass is 420 g/mol. The summed E-state index contributed by atoms with van der Waals surface area (Å²) >= 11 is 0. The van der Waals surface area contributed by atoms with Gasteiger partial charge in [0.05, 0.1) is 13.6 Å². The zero-order valence-electron chi connectivity index (χ0n) is 19.3. The first-order valence-corrected chi connectivity index (χ1v) is 12.0. The van der Waals surface area contributed by atoms with E-state index in [1.54, 1.807) is 0 Å². The lowest BCUT2D eigenvalue weighted by Crippen LogP contribution is -2.39. The van der Waals surface area contributed by atoms with Gasteiger partial charge in [-0.15, -0.1) is 0 Å². The molecule has 0 bridgehead atoms. The van der Waals surface area contributed by atoms with Gasteiger partial charge in [-0.05, 0) is 88.1 Å². The molecule has 5 heteroatoms. The molecule has 2 aliphatic heterocycles. The van der Waals surface area contributed by atoms with Crippen molar-refractivity contribution >= 4 is 19.5 Å². The van der Waals surface area contributed by atoms with Crippen molar-refractivity contribution in [1.82, 2.24) is 4.90 Å². The Kier molecular flexibility index (Phi) is 9.23. The van der Waals surface area contributed by atoms with Gasteiger partial charge in [-0.3, -0.25) is 4.79 Å². The molecule has 0 N–H and O–H groups in total. The van der Waals surface area contributed by atoms with E-state index in [-0.39, 0.29) is 18.3 Å². The van der Waals surface area contributed by atoms with Gasteiger partial charge in [0.25, 0.3) is 0 Å². The second kappa shape index (κ2) is 12.1. The molecule has 31 heavy (non-hydrogen) atoms. The molecule has 1 saturated heterocycles. The van der Waals surface area contributed by atoms with Crippen LogP contribution in [0.2, 0.25) is 6.32 Å². The van der Waals surface area contributed by atoms with Crippen LogP contribution in [-0.2, 0) is 9.63 Å². The standard InChI is InChI=1S/C26H37BN2O2/c1-3-5-6-9-20(4-2)25-18-24(28-31-25)23-12-7-10-21(11-8-13-23)22-14-16-29(17-15-22)26(30)19-27/h3-6,9,12,21-22,25H,7-8,10-11,13-19H2,1-2H3/b5-3-,9-6-,20-4+,23-12+. The lowest BCUT2D eigenvalue weighted by molar-refractivity contribution is -0.130. The summed E-state index contributed by atoms with van der Waals surface area (Å²) in [5, 5.41) is 4.46. The highest BCUT2D eigenvalue weighted by molar-refractivity contribution is 6.19. The van der Waals surface area contributed by atoms with Gasteiger partial charge in [0, 0.05) is 19.5 Å². The quantitative estimate of drug-likeness (QED) is 0.418. The molecule has 0 spiro atoms. The molecule has 2 unspecified atom stereocenters. The van der Waals surface area contributed by atoms with Gasteiger partial charge >= 0.3 is 0 Å².